The monoisotopic (exact) mass is 418 g/mol. The summed E-state index contributed by atoms with van der Waals surface area (Å²) in [6.07, 6.45) is 9.30. The van der Waals surface area contributed by atoms with Crippen molar-refractivity contribution in [2.75, 3.05) is 0 Å². The van der Waals surface area contributed by atoms with Gasteiger partial charge in [-0.3, -0.25) is 4.18 Å². The Balaban J connectivity index is 1.91. The van der Waals surface area contributed by atoms with Crippen molar-refractivity contribution in [2.24, 2.45) is 0 Å². The molecule has 5 heteroatoms. The van der Waals surface area contributed by atoms with Crippen LogP contribution in [0, 0.1) is 0 Å². The van der Waals surface area contributed by atoms with E-state index in [1.165, 1.54) is 25.7 Å². The molecule has 0 amide bonds. The summed E-state index contributed by atoms with van der Waals surface area (Å²) >= 11 is 0. The number of para-hydroxylation sites is 1. The van der Waals surface area contributed by atoms with E-state index in [0.717, 1.165) is 32.1 Å². The molecule has 0 bridgehead atoms. The predicted octanol–water partition coefficient (Wildman–Crippen LogP) is 7.10. The Morgan fingerprint density at radius 3 is 2.00 bits per heavy atom. The van der Waals surface area contributed by atoms with E-state index < -0.39 is 10.1 Å². The fraction of sp³-hybridized carbons (Fsp3) is 0.500. The molecule has 0 heterocycles. The van der Waals surface area contributed by atoms with Crippen LogP contribution in [0.5, 0.6) is 11.5 Å². The zero-order chi connectivity index (χ0) is 21.0. The van der Waals surface area contributed by atoms with Crippen molar-refractivity contribution >= 4 is 10.1 Å². The molecule has 0 saturated carbocycles. The third-order valence-electron chi connectivity index (χ3n) is 4.84. The Bertz CT molecular complexity index is 785. The maximum atomic E-state index is 12.7. The second kappa shape index (κ2) is 12.7. The average molecular weight is 419 g/mol. The molecule has 0 spiro atoms. The number of unbranched alkanes of at least 4 members (excludes halogenated alkanes) is 5. The van der Waals surface area contributed by atoms with Crippen LogP contribution in [-0.4, -0.2) is 14.5 Å². The summed E-state index contributed by atoms with van der Waals surface area (Å²) in [6, 6.07) is 15.8. The minimum absolute atomic E-state index is 0.168. The molecular formula is C24H34O4S. The molecule has 0 aliphatic carbocycles. The SMILES string of the molecule is CCCCCCCCC(CCC)OS(=O)(=O)c1ccc(Oc2ccccc2)cc1. The zero-order valence-corrected chi connectivity index (χ0v) is 18.5. The molecule has 0 aliphatic rings. The van der Waals surface area contributed by atoms with Crippen molar-refractivity contribution in [1.82, 2.24) is 0 Å². The summed E-state index contributed by atoms with van der Waals surface area (Å²) in [5.41, 5.74) is 0. The van der Waals surface area contributed by atoms with E-state index in [1.54, 1.807) is 24.3 Å². The standard InChI is InChI=1S/C24H34O4S/c1-3-5-6-7-8-10-16-23(13-4-2)28-29(25,26)24-19-17-22(18-20-24)27-21-14-11-9-12-15-21/h9,11-12,14-15,17-20,23H,3-8,10,13,16H2,1-2H3. The summed E-state index contributed by atoms with van der Waals surface area (Å²) in [6.45, 7) is 4.26. The molecule has 0 aromatic heterocycles. The van der Waals surface area contributed by atoms with E-state index in [9.17, 15) is 8.42 Å². The molecule has 1 unspecified atom stereocenters. The normalized spacial score (nSPS) is 12.6. The molecule has 0 N–H and O–H groups in total. The molecular weight excluding hydrogens is 384 g/mol. The highest BCUT2D eigenvalue weighted by atomic mass is 32.2. The van der Waals surface area contributed by atoms with Gasteiger partial charge >= 0.3 is 0 Å². The Kier molecular flexibility index (Phi) is 10.2. The lowest BCUT2D eigenvalue weighted by Gasteiger charge is -2.17. The molecule has 1 atom stereocenters. The summed E-state index contributed by atoms with van der Waals surface area (Å²) in [5.74, 6) is 1.30. The van der Waals surface area contributed by atoms with E-state index in [4.69, 9.17) is 8.92 Å². The number of benzene rings is 2. The van der Waals surface area contributed by atoms with Crippen LogP contribution >= 0.6 is 0 Å². The second-order valence-electron chi connectivity index (χ2n) is 7.40. The first-order valence-electron chi connectivity index (χ1n) is 10.8. The van der Waals surface area contributed by atoms with Gasteiger partial charge in [0.05, 0.1) is 11.0 Å². The highest BCUT2D eigenvalue weighted by molar-refractivity contribution is 7.86. The topological polar surface area (TPSA) is 52.6 Å². The van der Waals surface area contributed by atoms with E-state index in [0.29, 0.717) is 11.5 Å². The lowest BCUT2D eigenvalue weighted by molar-refractivity contribution is 0.183. The van der Waals surface area contributed by atoms with Gasteiger partial charge in [0, 0.05) is 0 Å². The molecule has 4 nitrogen and oxygen atoms in total. The van der Waals surface area contributed by atoms with E-state index in [2.05, 4.69) is 13.8 Å². The first kappa shape index (κ1) is 23.4. The summed E-state index contributed by atoms with van der Waals surface area (Å²) in [7, 11) is -3.78. The average Bonchev–Trinajstić information content (AvgIpc) is 2.71. The molecule has 0 radical (unpaired) electrons. The maximum absolute atomic E-state index is 12.7. The molecule has 2 rings (SSSR count). The van der Waals surface area contributed by atoms with Gasteiger partial charge in [0.2, 0.25) is 0 Å². The van der Waals surface area contributed by atoms with Gasteiger partial charge in [0.15, 0.2) is 0 Å². The quantitative estimate of drug-likeness (QED) is 0.242. The molecule has 0 fully saturated rings. The number of hydrogen-bond acceptors (Lipinski definition) is 4. The van der Waals surface area contributed by atoms with Crippen LogP contribution in [0.2, 0.25) is 0 Å². The first-order valence-corrected chi connectivity index (χ1v) is 12.2. The fourth-order valence-electron chi connectivity index (χ4n) is 3.25. The van der Waals surface area contributed by atoms with E-state index >= 15 is 0 Å². The number of hydrogen-bond donors (Lipinski definition) is 0. The van der Waals surface area contributed by atoms with Crippen LogP contribution in [0.15, 0.2) is 59.5 Å². The van der Waals surface area contributed by atoms with Gasteiger partial charge in [-0.1, -0.05) is 77.0 Å². The van der Waals surface area contributed by atoms with Gasteiger partial charge in [0.1, 0.15) is 11.5 Å². The van der Waals surface area contributed by atoms with Gasteiger partial charge in [-0.2, -0.15) is 8.42 Å². The van der Waals surface area contributed by atoms with Crippen molar-refractivity contribution in [3.05, 3.63) is 54.6 Å². The zero-order valence-electron chi connectivity index (χ0n) is 17.7. The summed E-state index contributed by atoms with van der Waals surface area (Å²) in [4.78, 5) is 0.168. The van der Waals surface area contributed by atoms with Crippen molar-refractivity contribution in [2.45, 2.75) is 82.6 Å². The highest BCUT2D eigenvalue weighted by Gasteiger charge is 2.21. The van der Waals surface area contributed by atoms with Crippen molar-refractivity contribution in [1.29, 1.82) is 0 Å². The van der Waals surface area contributed by atoms with Crippen molar-refractivity contribution in [3.8, 4) is 11.5 Å². The van der Waals surface area contributed by atoms with Gasteiger partial charge in [-0.05, 0) is 49.2 Å². The maximum Gasteiger partial charge on any atom is 0.297 e. The van der Waals surface area contributed by atoms with Crippen LogP contribution in [0.25, 0.3) is 0 Å². The lowest BCUT2D eigenvalue weighted by Crippen LogP contribution is -2.18. The largest absolute Gasteiger partial charge is 0.457 e. The van der Waals surface area contributed by atoms with Crippen molar-refractivity contribution < 1.29 is 17.3 Å². The fourth-order valence-corrected chi connectivity index (χ4v) is 4.38. The Labute approximate surface area is 176 Å². The molecule has 2 aromatic rings. The molecule has 160 valence electrons. The van der Waals surface area contributed by atoms with Gasteiger partial charge < -0.3 is 4.74 Å². The van der Waals surface area contributed by atoms with Crippen LogP contribution in [0.3, 0.4) is 0 Å². The summed E-state index contributed by atoms with van der Waals surface area (Å²) < 4.78 is 36.7. The Morgan fingerprint density at radius 1 is 0.724 bits per heavy atom. The number of ether oxygens (including phenoxy) is 1. The Morgan fingerprint density at radius 2 is 1.34 bits per heavy atom. The van der Waals surface area contributed by atoms with Gasteiger partial charge in [-0.25, -0.2) is 0 Å². The van der Waals surface area contributed by atoms with Crippen molar-refractivity contribution in [3.63, 3.8) is 0 Å². The lowest BCUT2D eigenvalue weighted by atomic mass is 10.0. The third kappa shape index (κ3) is 8.58. The Hall–Kier alpha value is -1.85. The van der Waals surface area contributed by atoms with Gasteiger partial charge in [-0.15, -0.1) is 0 Å². The second-order valence-corrected chi connectivity index (χ2v) is 8.98. The van der Waals surface area contributed by atoms with Crippen LogP contribution < -0.4 is 4.74 Å². The van der Waals surface area contributed by atoms with E-state index in [-0.39, 0.29) is 11.0 Å². The predicted molar refractivity (Wildman–Crippen MR) is 118 cm³/mol. The third-order valence-corrected chi connectivity index (χ3v) is 6.22. The molecule has 0 saturated heterocycles. The first-order chi connectivity index (χ1) is 14.0. The van der Waals surface area contributed by atoms with Gasteiger partial charge in [0.25, 0.3) is 10.1 Å². The molecule has 29 heavy (non-hydrogen) atoms. The van der Waals surface area contributed by atoms with Crippen LogP contribution in [0.1, 0.15) is 71.6 Å². The minimum Gasteiger partial charge on any atom is -0.457 e. The highest BCUT2D eigenvalue weighted by Crippen LogP contribution is 2.25. The van der Waals surface area contributed by atoms with Crippen LogP contribution in [-0.2, 0) is 14.3 Å². The van der Waals surface area contributed by atoms with E-state index in [1.807, 2.05) is 30.3 Å². The number of rotatable bonds is 14. The summed E-state index contributed by atoms with van der Waals surface area (Å²) in [5, 5.41) is 0. The smallest absolute Gasteiger partial charge is 0.297 e. The molecule has 2 aromatic carbocycles. The van der Waals surface area contributed by atoms with Crippen LogP contribution in [0.4, 0.5) is 0 Å². The molecule has 0 aliphatic heterocycles. The minimum atomic E-state index is -3.78.